The predicted octanol–water partition coefficient (Wildman–Crippen LogP) is 1.57. The Balaban J connectivity index is 1.61. The van der Waals surface area contributed by atoms with Crippen molar-refractivity contribution in [1.29, 1.82) is 0 Å². The van der Waals surface area contributed by atoms with Crippen molar-refractivity contribution >= 4 is 5.82 Å². The molecule has 0 fully saturated rings. The summed E-state index contributed by atoms with van der Waals surface area (Å²) < 4.78 is 15.7. The Morgan fingerprint density at radius 3 is 3.00 bits per heavy atom. The molecule has 0 atom stereocenters. The van der Waals surface area contributed by atoms with Gasteiger partial charge in [-0.2, -0.15) is 4.98 Å². The minimum Gasteiger partial charge on any atom is -0.461 e. The van der Waals surface area contributed by atoms with Gasteiger partial charge in [0.25, 0.3) is 0 Å². The van der Waals surface area contributed by atoms with Gasteiger partial charge >= 0.3 is 0 Å². The number of nitrogens with zero attached hydrogens (tertiary/aromatic N) is 4. The first kappa shape index (κ1) is 16.7. The molecular weight excluding hydrogens is 336 g/mol. The highest BCUT2D eigenvalue weighted by molar-refractivity contribution is 5.56. The van der Waals surface area contributed by atoms with Crippen molar-refractivity contribution in [3.8, 4) is 11.6 Å². The Bertz CT molecular complexity index is 862. The molecule has 0 aliphatic carbocycles. The van der Waals surface area contributed by atoms with Gasteiger partial charge in [-0.15, -0.1) is 0 Å². The van der Waals surface area contributed by atoms with Gasteiger partial charge in [0.2, 0.25) is 5.89 Å². The first-order chi connectivity index (χ1) is 12.8. The molecular formula is C17H20N6O3. The van der Waals surface area contributed by atoms with Crippen LogP contribution in [0.2, 0.25) is 0 Å². The Morgan fingerprint density at radius 2 is 2.15 bits per heavy atom. The number of hydrogen-bond donors (Lipinski definition) is 2. The Hall–Kier alpha value is -2.78. The fraction of sp³-hybridized carbons (Fsp3) is 0.412. The van der Waals surface area contributed by atoms with Gasteiger partial charge in [0.1, 0.15) is 12.4 Å². The van der Waals surface area contributed by atoms with Crippen LogP contribution in [-0.4, -0.2) is 40.3 Å². The molecule has 26 heavy (non-hydrogen) atoms. The fourth-order valence-corrected chi connectivity index (χ4v) is 2.92. The van der Waals surface area contributed by atoms with Crippen molar-refractivity contribution in [3.63, 3.8) is 0 Å². The van der Waals surface area contributed by atoms with Gasteiger partial charge in [0, 0.05) is 25.6 Å². The molecule has 0 bridgehead atoms. The van der Waals surface area contributed by atoms with Gasteiger partial charge in [-0.1, -0.05) is 5.16 Å². The lowest BCUT2D eigenvalue weighted by Gasteiger charge is -2.13. The minimum atomic E-state index is 0.320. The number of methoxy groups -OCH3 is 1. The molecule has 3 aromatic heterocycles. The monoisotopic (exact) mass is 356 g/mol. The number of furan rings is 1. The SMILES string of the molecule is COCc1noc(CNc2nc(-c3ccco3)nc3c2CCNCC3)n1. The van der Waals surface area contributed by atoms with Crippen LogP contribution in [-0.2, 0) is 30.7 Å². The van der Waals surface area contributed by atoms with E-state index >= 15 is 0 Å². The van der Waals surface area contributed by atoms with Crippen LogP contribution in [0.1, 0.15) is 23.0 Å². The van der Waals surface area contributed by atoms with Gasteiger partial charge in [0.15, 0.2) is 17.4 Å². The van der Waals surface area contributed by atoms with Gasteiger partial charge < -0.3 is 24.3 Å². The van der Waals surface area contributed by atoms with E-state index < -0.39 is 0 Å². The summed E-state index contributed by atoms with van der Waals surface area (Å²) in [6, 6.07) is 3.68. The highest BCUT2D eigenvalue weighted by atomic mass is 16.5. The van der Waals surface area contributed by atoms with Crippen molar-refractivity contribution in [2.75, 3.05) is 25.5 Å². The maximum Gasteiger partial charge on any atom is 0.246 e. The van der Waals surface area contributed by atoms with E-state index in [0.29, 0.717) is 36.5 Å². The van der Waals surface area contributed by atoms with Crippen LogP contribution < -0.4 is 10.6 Å². The van der Waals surface area contributed by atoms with Crippen LogP contribution >= 0.6 is 0 Å². The van der Waals surface area contributed by atoms with Crippen molar-refractivity contribution < 1.29 is 13.7 Å². The zero-order valence-electron chi connectivity index (χ0n) is 14.5. The molecule has 4 rings (SSSR count). The summed E-state index contributed by atoms with van der Waals surface area (Å²) in [4.78, 5) is 13.7. The topological polar surface area (TPSA) is 111 Å². The number of fused-ring (bicyclic) bond motifs is 1. The lowest BCUT2D eigenvalue weighted by molar-refractivity contribution is 0.174. The zero-order chi connectivity index (χ0) is 17.8. The Kier molecular flexibility index (Phi) is 4.89. The summed E-state index contributed by atoms with van der Waals surface area (Å²) in [5.74, 6) is 3.00. The predicted molar refractivity (Wildman–Crippen MR) is 92.3 cm³/mol. The molecule has 136 valence electrons. The van der Waals surface area contributed by atoms with E-state index in [0.717, 1.165) is 43.0 Å². The van der Waals surface area contributed by atoms with Crippen LogP contribution in [0.3, 0.4) is 0 Å². The molecule has 9 heteroatoms. The van der Waals surface area contributed by atoms with Crippen molar-refractivity contribution in [3.05, 3.63) is 41.4 Å². The lowest BCUT2D eigenvalue weighted by atomic mass is 10.1. The molecule has 0 amide bonds. The van der Waals surface area contributed by atoms with E-state index in [4.69, 9.17) is 18.7 Å². The highest BCUT2D eigenvalue weighted by Gasteiger charge is 2.19. The molecule has 2 N–H and O–H groups in total. The van der Waals surface area contributed by atoms with Gasteiger partial charge in [0.05, 0.1) is 18.5 Å². The summed E-state index contributed by atoms with van der Waals surface area (Å²) in [5.41, 5.74) is 2.14. The van der Waals surface area contributed by atoms with E-state index in [-0.39, 0.29) is 0 Å². The van der Waals surface area contributed by atoms with Crippen molar-refractivity contribution in [2.45, 2.75) is 26.0 Å². The molecule has 0 radical (unpaired) electrons. The summed E-state index contributed by atoms with van der Waals surface area (Å²) in [6.45, 7) is 2.49. The number of ether oxygens (including phenoxy) is 1. The number of hydrogen-bond acceptors (Lipinski definition) is 9. The van der Waals surface area contributed by atoms with E-state index in [9.17, 15) is 0 Å². The zero-order valence-corrected chi connectivity index (χ0v) is 14.5. The lowest BCUT2D eigenvalue weighted by Crippen LogP contribution is -2.16. The molecule has 4 heterocycles. The fourth-order valence-electron chi connectivity index (χ4n) is 2.92. The molecule has 0 saturated carbocycles. The summed E-state index contributed by atoms with van der Waals surface area (Å²) in [6.07, 6.45) is 3.32. The second-order valence-electron chi connectivity index (χ2n) is 5.94. The Labute approximate surface area is 150 Å². The standard InChI is InChI=1S/C17H20N6O3/c1-24-10-14-21-15(26-23-14)9-19-16-11-4-6-18-7-5-12(11)20-17(22-16)13-3-2-8-25-13/h2-3,8,18H,4-7,9-10H2,1H3,(H,19,20,22). The van der Waals surface area contributed by atoms with Crippen LogP contribution in [0.25, 0.3) is 11.6 Å². The second-order valence-corrected chi connectivity index (χ2v) is 5.94. The maximum absolute atomic E-state index is 5.47. The third-order valence-corrected chi connectivity index (χ3v) is 4.12. The molecule has 0 aromatic carbocycles. The van der Waals surface area contributed by atoms with E-state index in [1.807, 2.05) is 12.1 Å². The van der Waals surface area contributed by atoms with Crippen LogP contribution in [0.5, 0.6) is 0 Å². The third-order valence-electron chi connectivity index (χ3n) is 4.12. The summed E-state index contributed by atoms with van der Waals surface area (Å²) in [5, 5.41) is 10.6. The van der Waals surface area contributed by atoms with Gasteiger partial charge in [-0.3, -0.25) is 0 Å². The van der Waals surface area contributed by atoms with Crippen molar-refractivity contribution in [2.24, 2.45) is 0 Å². The number of nitrogens with one attached hydrogen (secondary N) is 2. The normalized spacial score (nSPS) is 14.0. The number of anilines is 1. The minimum absolute atomic E-state index is 0.320. The van der Waals surface area contributed by atoms with Gasteiger partial charge in [-0.25, -0.2) is 9.97 Å². The second kappa shape index (κ2) is 7.63. The third kappa shape index (κ3) is 3.58. The highest BCUT2D eigenvalue weighted by Crippen LogP contribution is 2.25. The van der Waals surface area contributed by atoms with Crippen LogP contribution in [0.4, 0.5) is 5.82 Å². The Morgan fingerprint density at radius 1 is 1.23 bits per heavy atom. The average Bonchev–Trinajstić information content (AvgIpc) is 3.28. The quantitative estimate of drug-likeness (QED) is 0.679. The first-order valence-corrected chi connectivity index (χ1v) is 8.52. The molecule has 0 saturated heterocycles. The van der Waals surface area contributed by atoms with Crippen LogP contribution in [0, 0.1) is 0 Å². The average molecular weight is 356 g/mol. The summed E-state index contributed by atoms with van der Waals surface area (Å²) >= 11 is 0. The maximum atomic E-state index is 5.47. The largest absolute Gasteiger partial charge is 0.461 e. The number of aromatic nitrogens is 4. The first-order valence-electron chi connectivity index (χ1n) is 8.52. The van der Waals surface area contributed by atoms with Crippen LogP contribution in [0.15, 0.2) is 27.3 Å². The molecule has 0 spiro atoms. The molecule has 3 aromatic rings. The van der Waals surface area contributed by atoms with E-state index in [2.05, 4.69) is 25.8 Å². The smallest absolute Gasteiger partial charge is 0.246 e. The molecule has 9 nitrogen and oxygen atoms in total. The molecule has 1 aliphatic rings. The van der Waals surface area contributed by atoms with Gasteiger partial charge in [-0.05, 0) is 25.1 Å². The van der Waals surface area contributed by atoms with E-state index in [1.54, 1.807) is 13.4 Å². The van der Waals surface area contributed by atoms with E-state index in [1.165, 1.54) is 0 Å². The summed E-state index contributed by atoms with van der Waals surface area (Å²) in [7, 11) is 1.59. The van der Waals surface area contributed by atoms with Crippen molar-refractivity contribution in [1.82, 2.24) is 25.4 Å². The number of rotatable bonds is 6. The molecule has 0 unspecified atom stereocenters. The molecule has 1 aliphatic heterocycles.